The zero-order chi connectivity index (χ0) is 18.5. The third-order valence-electron chi connectivity index (χ3n) is 5.31. The van der Waals surface area contributed by atoms with E-state index in [1.807, 2.05) is 42.2 Å². The number of hydrogen-bond acceptors (Lipinski definition) is 4. The standard InChI is InChI=1S/C21H28N2O3/c1-3-18-20(15(2)26-22-18)21(25)23(17-12-8-5-9-13-17)14-19(24)16-10-6-4-7-11-16/h4,6-7,10-11,17,19,24H,3,5,8-9,12-14H2,1-2H3. The third-order valence-corrected chi connectivity index (χ3v) is 5.31. The molecule has 1 saturated carbocycles. The minimum atomic E-state index is -0.702. The highest BCUT2D eigenvalue weighted by atomic mass is 16.5. The van der Waals surface area contributed by atoms with E-state index >= 15 is 0 Å². The maximum Gasteiger partial charge on any atom is 0.259 e. The van der Waals surface area contributed by atoms with Crippen LogP contribution in [0.15, 0.2) is 34.9 Å². The molecule has 26 heavy (non-hydrogen) atoms. The van der Waals surface area contributed by atoms with Gasteiger partial charge in [0.25, 0.3) is 5.91 Å². The lowest BCUT2D eigenvalue weighted by molar-refractivity contribution is 0.0452. The lowest BCUT2D eigenvalue weighted by atomic mass is 9.93. The second-order valence-electron chi connectivity index (χ2n) is 7.09. The quantitative estimate of drug-likeness (QED) is 0.848. The maximum atomic E-state index is 13.4. The number of carbonyl (C=O) groups is 1. The van der Waals surface area contributed by atoms with Gasteiger partial charge in [0.15, 0.2) is 0 Å². The molecule has 1 aliphatic carbocycles. The van der Waals surface area contributed by atoms with Crippen molar-refractivity contribution < 1.29 is 14.4 Å². The summed E-state index contributed by atoms with van der Waals surface area (Å²) in [6.45, 7) is 4.05. The Morgan fingerprint density at radius 3 is 2.62 bits per heavy atom. The van der Waals surface area contributed by atoms with Crippen molar-refractivity contribution in [3.63, 3.8) is 0 Å². The molecule has 0 aliphatic heterocycles. The summed E-state index contributed by atoms with van der Waals surface area (Å²) in [6, 6.07) is 9.70. The minimum Gasteiger partial charge on any atom is -0.387 e. The number of aliphatic hydroxyl groups is 1. The average Bonchev–Trinajstić information content (AvgIpc) is 3.07. The Labute approximate surface area is 155 Å². The van der Waals surface area contributed by atoms with Gasteiger partial charge in [0.2, 0.25) is 0 Å². The molecule has 1 heterocycles. The van der Waals surface area contributed by atoms with Crippen molar-refractivity contribution >= 4 is 5.91 Å². The Balaban J connectivity index is 1.87. The second kappa shape index (κ2) is 8.49. The summed E-state index contributed by atoms with van der Waals surface area (Å²) in [4.78, 5) is 15.2. The lowest BCUT2D eigenvalue weighted by Crippen LogP contribution is -2.44. The van der Waals surface area contributed by atoms with Gasteiger partial charge in [-0.3, -0.25) is 4.79 Å². The van der Waals surface area contributed by atoms with Gasteiger partial charge in [0.05, 0.1) is 18.3 Å². The maximum absolute atomic E-state index is 13.4. The van der Waals surface area contributed by atoms with E-state index < -0.39 is 6.10 Å². The molecule has 0 spiro atoms. The largest absolute Gasteiger partial charge is 0.387 e. The van der Waals surface area contributed by atoms with E-state index in [-0.39, 0.29) is 11.9 Å². The van der Waals surface area contributed by atoms with Crippen LogP contribution in [0, 0.1) is 6.92 Å². The number of aryl methyl sites for hydroxylation is 2. The number of rotatable bonds is 6. The van der Waals surface area contributed by atoms with Gasteiger partial charge < -0.3 is 14.5 Å². The van der Waals surface area contributed by atoms with E-state index in [1.165, 1.54) is 6.42 Å². The summed E-state index contributed by atoms with van der Waals surface area (Å²) in [5, 5.41) is 14.8. The van der Waals surface area contributed by atoms with Crippen LogP contribution in [-0.4, -0.2) is 33.7 Å². The molecule has 0 saturated heterocycles. The zero-order valence-corrected chi connectivity index (χ0v) is 15.6. The van der Waals surface area contributed by atoms with E-state index in [0.29, 0.717) is 30.0 Å². The van der Waals surface area contributed by atoms with Crippen molar-refractivity contribution in [3.05, 3.63) is 52.9 Å². The molecule has 1 aliphatic rings. The lowest BCUT2D eigenvalue weighted by Gasteiger charge is -2.35. The van der Waals surface area contributed by atoms with Gasteiger partial charge in [0.1, 0.15) is 11.3 Å². The zero-order valence-electron chi connectivity index (χ0n) is 15.6. The average molecular weight is 356 g/mol. The Morgan fingerprint density at radius 2 is 1.96 bits per heavy atom. The summed E-state index contributed by atoms with van der Waals surface area (Å²) in [7, 11) is 0. The molecule has 1 aromatic carbocycles. The van der Waals surface area contributed by atoms with Crippen LogP contribution in [0.4, 0.5) is 0 Å². The first-order chi connectivity index (χ1) is 12.6. The van der Waals surface area contributed by atoms with Crippen LogP contribution >= 0.6 is 0 Å². The van der Waals surface area contributed by atoms with Crippen molar-refractivity contribution in [1.82, 2.24) is 10.1 Å². The van der Waals surface area contributed by atoms with E-state index in [0.717, 1.165) is 31.2 Å². The van der Waals surface area contributed by atoms with Crippen molar-refractivity contribution in [2.45, 2.75) is 64.5 Å². The Bertz CT molecular complexity index is 720. The van der Waals surface area contributed by atoms with Crippen LogP contribution in [0.1, 0.15) is 72.5 Å². The van der Waals surface area contributed by atoms with E-state index in [9.17, 15) is 9.90 Å². The molecule has 1 unspecified atom stereocenters. The number of amides is 1. The summed E-state index contributed by atoms with van der Waals surface area (Å²) in [5.74, 6) is 0.490. The van der Waals surface area contributed by atoms with Crippen molar-refractivity contribution in [3.8, 4) is 0 Å². The van der Waals surface area contributed by atoms with Crippen LogP contribution < -0.4 is 0 Å². The molecular weight excluding hydrogens is 328 g/mol. The Morgan fingerprint density at radius 1 is 1.27 bits per heavy atom. The Kier molecular flexibility index (Phi) is 6.09. The van der Waals surface area contributed by atoms with Gasteiger partial charge in [-0.05, 0) is 31.7 Å². The fourth-order valence-corrected chi connectivity index (χ4v) is 3.83. The summed E-state index contributed by atoms with van der Waals surface area (Å²) < 4.78 is 5.27. The molecule has 1 amide bonds. The fourth-order valence-electron chi connectivity index (χ4n) is 3.83. The van der Waals surface area contributed by atoms with Gasteiger partial charge in [-0.2, -0.15) is 0 Å². The number of nitrogens with zero attached hydrogens (tertiary/aromatic N) is 2. The molecule has 140 valence electrons. The molecule has 2 aromatic rings. The number of aromatic nitrogens is 1. The third kappa shape index (κ3) is 3.98. The minimum absolute atomic E-state index is 0.0671. The van der Waals surface area contributed by atoms with Gasteiger partial charge in [-0.25, -0.2) is 0 Å². The van der Waals surface area contributed by atoms with Crippen LogP contribution in [0.5, 0.6) is 0 Å². The first-order valence-electron chi connectivity index (χ1n) is 9.61. The topological polar surface area (TPSA) is 66.6 Å². The van der Waals surface area contributed by atoms with Gasteiger partial charge >= 0.3 is 0 Å². The van der Waals surface area contributed by atoms with Crippen molar-refractivity contribution in [2.75, 3.05) is 6.54 Å². The van der Waals surface area contributed by atoms with Gasteiger partial charge in [-0.15, -0.1) is 0 Å². The molecule has 1 aromatic heterocycles. The smallest absolute Gasteiger partial charge is 0.259 e. The SMILES string of the molecule is CCc1noc(C)c1C(=O)N(CC(O)c1ccccc1)C1CCCCC1. The highest BCUT2D eigenvalue weighted by molar-refractivity contribution is 5.96. The molecule has 5 heteroatoms. The second-order valence-corrected chi connectivity index (χ2v) is 7.09. The summed E-state index contributed by atoms with van der Waals surface area (Å²) >= 11 is 0. The molecule has 1 atom stereocenters. The number of carbonyl (C=O) groups excluding carboxylic acids is 1. The predicted octanol–water partition coefficient (Wildman–Crippen LogP) is 4.05. The molecule has 0 bridgehead atoms. The predicted molar refractivity (Wildman–Crippen MR) is 99.9 cm³/mol. The van der Waals surface area contributed by atoms with E-state index in [1.54, 1.807) is 6.92 Å². The summed E-state index contributed by atoms with van der Waals surface area (Å²) in [6.07, 6.45) is 5.38. The number of aliphatic hydroxyl groups excluding tert-OH is 1. The molecular formula is C21H28N2O3. The molecule has 1 fully saturated rings. The highest BCUT2D eigenvalue weighted by Gasteiger charge is 2.32. The van der Waals surface area contributed by atoms with Crippen LogP contribution in [0.2, 0.25) is 0 Å². The van der Waals surface area contributed by atoms with Crippen molar-refractivity contribution in [2.24, 2.45) is 0 Å². The number of benzene rings is 1. The highest BCUT2D eigenvalue weighted by Crippen LogP contribution is 2.28. The monoisotopic (exact) mass is 356 g/mol. The van der Waals surface area contributed by atoms with Crippen LogP contribution in [0.3, 0.4) is 0 Å². The van der Waals surface area contributed by atoms with Gasteiger partial charge in [-0.1, -0.05) is 61.7 Å². The van der Waals surface area contributed by atoms with Crippen LogP contribution in [-0.2, 0) is 6.42 Å². The number of hydrogen-bond donors (Lipinski definition) is 1. The fraction of sp³-hybridized carbons (Fsp3) is 0.524. The Hall–Kier alpha value is -2.14. The molecule has 5 nitrogen and oxygen atoms in total. The first-order valence-corrected chi connectivity index (χ1v) is 9.61. The van der Waals surface area contributed by atoms with E-state index in [2.05, 4.69) is 5.16 Å². The van der Waals surface area contributed by atoms with Crippen molar-refractivity contribution in [1.29, 1.82) is 0 Å². The molecule has 3 rings (SSSR count). The summed E-state index contributed by atoms with van der Waals surface area (Å²) in [5.41, 5.74) is 2.10. The van der Waals surface area contributed by atoms with Crippen LogP contribution in [0.25, 0.3) is 0 Å². The molecule has 1 N–H and O–H groups in total. The first kappa shape index (κ1) is 18.6. The van der Waals surface area contributed by atoms with Gasteiger partial charge in [0, 0.05) is 6.04 Å². The van der Waals surface area contributed by atoms with E-state index in [4.69, 9.17) is 4.52 Å². The molecule has 0 radical (unpaired) electrons. The normalized spacial score (nSPS) is 16.4.